The van der Waals surface area contributed by atoms with E-state index in [1.54, 1.807) is 18.4 Å². The van der Waals surface area contributed by atoms with Crippen LogP contribution in [0.25, 0.3) is 10.1 Å². The fraction of sp³-hybridized carbons (Fsp3) is 0.200. The van der Waals surface area contributed by atoms with Crippen molar-refractivity contribution in [1.29, 1.82) is 0 Å². The van der Waals surface area contributed by atoms with Crippen LogP contribution in [-0.4, -0.2) is 7.11 Å². The van der Waals surface area contributed by atoms with Gasteiger partial charge in [0, 0.05) is 10.7 Å². The summed E-state index contributed by atoms with van der Waals surface area (Å²) in [5, 5.41) is 2.20. The van der Waals surface area contributed by atoms with E-state index in [-0.39, 0.29) is 0 Å². The Bertz CT molecular complexity index is 466. The molecule has 0 spiro atoms. The zero-order valence-corrected chi connectivity index (χ0v) is 12.1. The SMILES string of the molecule is COc1cccc2c(CBr)c(I)sc12. The minimum absolute atomic E-state index is 0.901. The van der Waals surface area contributed by atoms with E-state index in [1.165, 1.54) is 18.5 Å². The van der Waals surface area contributed by atoms with Crippen molar-refractivity contribution in [3.8, 4) is 5.75 Å². The van der Waals surface area contributed by atoms with Gasteiger partial charge in [0.2, 0.25) is 0 Å². The molecule has 1 heterocycles. The number of methoxy groups -OCH3 is 1. The van der Waals surface area contributed by atoms with Crippen molar-refractivity contribution in [2.45, 2.75) is 5.33 Å². The molecule has 74 valence electrons. The lowest BCUT2D eigenvalue weighted by Gasteiger charge is -2.00. The molecule has 0 fully saturated rings. The molecular weight excluding hydrogens is 375 g/mol. The third-order valence-electron chi connectivity index (χ3n) is 2.09. The topological polar surface area (TPSA) is 9.23 Å². The molecule has 0 N–H and O–H groups in total. The van der Waals surface area contributed by atoms with Crippen molar-refractivity contribution in [2.75, 3.05) is 7.11 Å². The predicted molar refractivity (Wildman–Crippen MR) is 73.7 cm³/mol. The van der Waals surface area contributed by atoms with Gasteiger partial charge in [0.25, 0.3) is 0 Å². The fourth-order valence-corrected chi connectivity index (χ4v) is 4.87. The first-order chi connectivity index (χ1) is 6.77. The normalized spacial score (nSPS) is 10.8. The molecule has 0 amide bonds. The van der Waals surface area contributed by atoms with Gasteiger partial charge < -0.3 is 4.74 Å². The molecule has 1 aromatic heterocycles. The van der Waals surface area contributed by atoms with E-state index >= 15 is 0 Å². The lowest BCUT2D eigenvalue weighted by atomic mass is 10.2. The monoisotopic (exact) mass is 382 g/mol. The van der Waals surface area contributed by atoms with E-state index in [0.717, 1.165) is 11.1 Å². The largest absolute Gasteiger partial charge is 0.495 e. The summed E-state index contributed by atoms with van der Waals surface area (Å²) >= 11 is 7.68. The molecule has 14 heavy (non-hydrogen) atoms. The lowest BCUT2D eigenvalue weighted by Crippen LogP contribution is -1.82. The van der Waals surface area contributed by atoms with E-state index in [4.69, 9.17) is 4.74 Å². The maximum atomic E-state index is 5.33. The molecule has 4 heteroatoms. The van der Waals surface area contributed by atoms with Crippen LogP contribution in [0.5, 0.6) is 5.75 Å². The summed E-state index contributed by atoms with van der Waals surface area (Å²) < 4.78 is 7.91. The van der Waals surface area contributed by atoms with Crippen LogP contribution >= 0.6 is 49.9 Å². The van der Waals surface area contributed by atoms with Gasteiger partial charge in [-0.05, 0) is 34.2 Å². The van der Waals surface area contributed by atoms with Gasteiger partial charge in [-0.25, -0.2) is 0 Å². The van der Waals surface area contributed by atoms with E-state index in [2.05, 4.69) is 44.6 Å². The minimum Gasteiger partial charge on any atom is -0.495 e. The Morgan fingerprint density at radius 2 is 2.29 bits per heavy atom. The van der Waals surface area contributed by atoms with E-state index in [0.29, 0.717) is 0 Å². The maximum Gasteiger partial charge on any atom is 0.136 e. The van der Waals surface area contributed by atoms with Gasteiger partial charge in [-0.2, -0.15) is 0 Å². The Morgan fingerprint density at radius 3 is 2.93 bits per heavy atom. The summed E-state index contributed by atoms with van der Waals surface area (Å²) in [5.41, 5.74) is 1.37. The van der Waals surface area contributed by atoms with Gasteiger partial charge in [0.1, 0.15) is 5.75 Å². The molecule has 1 nitrogen and oxygen atoms in total. The van der Waals surface area contributed by atoms with Gasteiger partial charge in [0.05, 0.1) is 14.7 Å². The Labute approximate surface area is 109 Å². The highest BCUT2D eigenvalue weighted by molar-refractivity contribution is 14.1. The second-order valence-corrected chi connectivity index (χ2v) is 6.22. The molecule has 0 aliphatic heterocycles. The van der Waals surface area contributed by atoms with Gasteiger partial charge in [-0.3, -0.25) is 0 Å². The molecular formula is C10H8BrIOS. The summed E-state index contributed by atoms with van der Waals surface area (Å²) in [6.45, 7) is 0. The number of thiophene rings is 1. The Kier molecular flexibility index (Phi) is 3.34. The van der Waals surface area contributed by atoms with Crippen LogP contribution in [0.15, 0.2) is 18.2 Å². The Hall–Kier alpha value is 0.190. The fourth-order valence-electron chi connectivity index (χ4n) is 1.40. The second kappa shape index (κ2) is 4.37. The second-order valence-electron chi connectivity index (χ2n) is 2.82. The van der Waals surface area contributed by atoms with Gasteiger partial charge in [-0.1, -0.05) is 28.1 Å². The molecule has 0 unspecified atom stereocenters. The van der Waals surface area contributed by atoms with Crippen molar-refractivity contribution >= 4 is 59.9 Å². The highest BCUT2D eigenvalue weighted by Gasteiger charge is 2.11. The average molecular weight is 383 g/mol. The quantitative estimate of drug-likeness (QED) is 0.552. The number of fused-ring (bicyclic) bond motifs is 1. The predicted octanol–water partition coefficient (Wildman–Crippen LogP) is 4.41. The first kappa shape index (κ1) is 10.7. The summed E-state index contributed by atoms with van der Waals surface area (Å²) in [7, 11) is 1.72. The molecule has 0 aliphatic rings. The molecule has 0 aliphatic carbocycles. The lowest BCUT2D eigenvalue weighted by molar-refractivity contribution is 0.420. The van der Waals surface area contributed by atoms with Gasteiger partial charge >= 0.3 is 0 Å². The zero-order chi connectivity index (χ0) is 10.1. The molecule has 1 aromatic carbocycles. The van der Waals surface area contributed by atoms with Crippen LogP contribution in [0.3, 0.4) is 0 Å². The molecule has 2 rings (SSSR count). The minimum atomic E-state index is 0.901. The van der Waals surface area contributed by atoms with E-state index in [1.807, 2.05) is 12.1 Å². The molecule has 0 saturated heterocycles. The van der Waals surface area contributed by atoms with Crippen LogP contribution in [0, 0.1) is 2.88 Å². The van der Waals surface area contributed by atoms with Crippen molar-refractivity contribution in [2.24, 2.45) is 0 Å². The van der Waals surface area contributed by atoms with Crippen molar-refractivity contribution in [1.82, 2.24) is 0 Å². The van der Waals surface area contributed by atoms with Crippen molar-refractivity contribution < 1.29 is 4.74 Å². The summed E-state index contributed by atoms with van der Waals surface area (Å²) in [5.74, 6) is 0.970. The van der Waals surface area contributed by atoms with Crippen LogP contribution in [0.2, 0.25) is 0 Å². The molecule has 0 bridgehead atoms. The average Bonchev–Trinajstić information content (AvgIpc) is 2.52. The van der Waals surface area contributed by atoms with E-state index < -0.39 is 0 Å². The number of ether oxygens (including phenoxy) is 1. The third-order valence-corrected chi connectivity index (χ3v) is 5.01. The van der Waals surface area contributed by atoms with Gasteiger partial charge in [0.15, 0.2) is 0 Å². The zero-order valence-electron chi connectivity index (χ0n) is 7.51. The first-order valence-corrected chi connectivity index (χ1v) is 7.09. The van der Waals surface area contributed by atoms with Crippen LogP contribution in [0.4, 0.5) is 0 Å². The van der Waals surface area contributed by atoms with E-state index in [9.17, 15) is 0 Å². The summed E-state index contributed by atoms with van der Waals surface area (Å²) in [6.07, 6.45) is 0. The summed E-state index contributed by atoms with van der Waals surface area (Å²) in [6, 6.07) is 6.19. The van der Waals surface area contributed by atoms with Crippen molar-refractivity contribution in [3.05, 3.63) is 26.6 Å². The smallest absolute Gasteiger partial charge is 0.136 e. The van der Waals surface area contributed by atoms with Crippen LogP contribution in [0.1, 0.15) is 5.56 Å². The third kappa shape index (κ3) is 1.67. The number of halogens is 2. The number of hydrogen-bond acceptors (Lipinski definition) is 2. The number of alkyl halides is 1. The first-order valence-electron chi connectivity index (χ1n) is 4.07. The highest BCUT2D eigenvalue weighted by Crippen LogP contribution is 2.38. The Balaban J connectivity index is 2.79. The maximum absolute atomic E-state index is 5.33. The molecule has 0 radical (unpaired) electrons. The molecule has 2 aromatic rings. The standard InChI is InChI=1S/C10H8BrIOS/c1-13-8-4-2-3-6-7(5-11)10(12)14-9(6)8/h2-4H,5H2,1H3. The number of hydrogen-bond donors (Lipinski definition) is 0. The van der Waals surface area contributed by atoms with Crippen molar-refractivity contribution in [3.63, 3.8) is 0 Å². The summed E-state index contributed by atoms with van der Waals surface area (Å²) in [4.78, 5) is 0. The van der Waals surface area contributed by atoms with Crippen LogP contribution in [-0.2, 0) is 5.33 Å². The highest BCUT2D eigenvalue weighted by atomic mass is 127. The van der Waals surface area contributed by atoms with Crippen LogP contribution < -0.4 is 4.74 Å². The van der Waals surface area contributed by atoms with Gasteiger partial charge in [-0.15, -0.1) is 11.3 Å². The molecule has 0 atom stereocenters. The number of benzene rings is 1. The molecule has 0 saturated carbocycles. The number of rotatable bonds is 2. The Morgan fingerprint density at radius 1 is 1.50 bits per heavy atom.